The number of carbonyl (C=O) groups excluding carboxylic acids is 2. The number of pyridine rings is 1. The minimum Gasteiger partial charge on any atom is -0.383 e. The molecule has 0 spiro atoms. The van der Waals surface area contributed by atoms with Crippen LogP contribution in [-0.2, 0) is 9.53 Å². The van der Waals surface area contributed by atoms with Crippen molar-refractivity contribution in [1.29, 1.82) is 0 Å². The number of likely N-dealkylation sites (tertiary alicyclic amines) is 1. The van der Waals surface area contributed by atoms with E-state index in [0.717, 1.165) is 23.1 Å². The fourth-order valence-electron chi connectivity index (χ4n) is 2.81. The normalized spacial score (nSPS) is 16.2. The summed E-state index contributed by atoms with van der Waals surface area (Å²) in [7, 11) is 1.55. The fraction of sp³-hybridized carbons (Fsp3) is 0.353. The molecule has 1 unspecified atom stereocenters. The van der Waals surface area contributed by atoms with Crippen molar-refractivity contribution >= 4 is 63.8 Å². The first kappa shape index (κ1) is 22.8. The fourth-order valence-corrected chi connectivity index (χ4v) is 5.58. The van der Waals surface area contributed by atoms with Crippen molar-refractivity contribution in [1.82, 2.24) is 15.2 Å². The molecular formula is C17H16Cl2N4O5S2. The average molecular weight is 491 g/mol. The Bertz CT molecular complexity index is 967. The van der Waals surface area contributed by atoms with E-state index in [9.17, 15) is 19.7 Å². The predicted molar refractivity (Wildman–Crippen MR) is 114 cm³/mol. The van der Waals surface area contributed by atoms with Gasteiger partial charge in [0.15, 0.2) is 0 Å². The summed E-state index contributed by atoms with van der Waals surface area (Å²) in [5.41, 5.74) is -0.219. The van der Waals surface area contributed by atoms with E-state index in [0.29, 0.717) is 24.6 Å². The van der Waals surface area contributed by atoms with Gasteiger partial charge in [0.1, 0.15) is 9.09 Å². The van der Waals surface area contributed by atoms with Crippen LogP contribution in [0.5, 0.6) is 0 Å². The summed E-state index contributed by atoms with van der Waals surface area (Å²) in [6.45, 7) is 1.22. The highest BCUT2D eigenvalue weighted by Crippen LogP contribution is 2.45. The molecule has 0 aliphatic carbocycles. The van der Waals surface area contributed by atoms with E-state index in [1.54, 1.807) is 12.0 Å². The summed E-state index contributed by atoms with van der Waals surface area (Å²) in [4.78, 5) is 41.6. The maximum absolute atomic E-state index is 12.7. The third kappa shape index (κ3) is 5.22. The van der Waals surface area contributed by atoms with Gasteiger partial charge in [-0.3, -0.25) is 24.7 Å². The van der Waals surface area contributed by atoms with Crippen LogP contribution >= 0.6 is 46.3 Å². The molecule has 2 amide bonds. The molecule has 1 aliphatic heterocycles. The molecule has 1 aliphatic rings. The summed E-state index contributed by atoms with van der Waals surface area (Å²) in [6, 6.07) is 0.841. The summed E-state index contributed by atoms with van der Waals surface area (Å²) in [5.74, 6) is -0.555. The summed E-state index contributed by atoms with van der Waals surface area (Å²) in [6.07, 6.45) is 2.94. The molecule has 1 atom stereocenters. The third-order valence-corrected chi connectivity index (χ3v) is 7.47. The molecule has 0 aromatic carbocycles. The molecule has 0 saturated carbocycles. The molecule has 2 aromatic rings. The number of nitro groups is 1. The van der Waals surface area contributed by atoms with Crippen LogP contribution < -0.4 is 5.32 Å². The summed E-state index contributed by atoms with van der Waals surface area (Å²) < 4.78 is 5.24. The van der Waals surface area contributed by atoms with Crippen molar-refractivity contribution in [3.63, 3.8) is 0 Å². The quantitative estimate of drug-likeness (QED) is 0.444. The Morgan fingerprint density at radius 1 is 1.47 bits per heavy atom. The van der Waals surface area contributed by atoms with Crippen LogP contribution in [0.4, 0.5) is 5.69 Å². The van der Waals surface area contributed by atoms with Gasteiger partial charge < -0.3 is 15.0 Å². The smallest absolute Gasteiger partial charge is 0.294 e. The highest BCUT2D eigenvalue weighted by Gasteiger charge is 2.32. The lowest BCUT2D eigenvalue weighted by atomic mass is 10.2. The van der Waals surface area contributed by atoms with E-state index in [2.05, 4.69) is 10.3 Å². The van der Waals surface area contributed by atoms with Crippen molar-refractivity contribution in [3.05, 3.63) is 43.5 Å². The maximum atomic E-state index is 12.7. The van der Waals surface area contributed by atoms with Crippen molar-refractivity contribution < 1.29 is 19.2 Å². The van der Waals surface area contributed by atoms with Crippen LogP contribution in [0.25, 0.3) is 0 Å². The first-order valence-corrected chi connectivity index (χ1v) is 11.0. The number of rotatable bonds is 8. The van der Waals surface area contributed by atoms with E-state index < -0.39 is 10.8 Å². The zero-order valence-electron chi connectivity index (χ0n) is 15.6. The van der Waals surface area contributed by atoms with Gasteiger partial charge in [-0.25, -0.2) is 0 Å². The Morgan fingerprint density at radius 2 is 2.17 bits per heavy atom. The Balaban J connectivity index is 1.75. The molecule has 0 radical (unpaired) electrons. The number of nitrogens with one attached hydrogen (secondary N) is 1. The topological polar surface area (TPSA) is 115 Å². The van der Waals surface area contributed by atoms with Crippen molar-refractivity contribution in [2.45, 2.75) is 21.6 Å². The van der Waals surface area contributed by atoms with Gasteiger partial charge in [-0.2, -0.15) is 0 Å². The minimum atomic E-state index is -0.565. The Kier molecular flexibility index (Phi) is 7.53. The Hall–Kier alpha value is -1.92. The molecule has 30 heavy (non-hydrogen) atoms. The van der Waals surface area contributed by atoms with E-state index in [1.165, 1.54) is 18.5 Å². The monoisotopic (exact) mass is 490 g/mol. The van der Waals surface area contributed by atoms with E-state index in [1.807, 2.05) is 0 Å². The largest absolute Gasteiger partial charge is 0.383 e. The molecule has 9 nitrogen and oxygen atoms in total. The molecule has 1 saturated heterocycles. The number of ether oxygens (including phenoxy) is 1. The number of carbonyl (C=O) groups is 2. The maximum Gasteiger partial charge on any atom is 0.294 e. The van der Waals surface area contributed by atoms with Gasteiger partial charge >= 0.3 is 0 Å². The van der Waals surface area contributed by atoms with Crippen LogP contribution in [0, 0.1) is 10.1 Å². The standard InChI is InChI=1S/C17H16Cl2N4O5S2/c1-28-3-2-22-8-9(4-14(22)24)21-16(25)13-5-12(23(26)27)17(29-13)30-15-10(18)6-20-7-11(15)19/h5-7,9H,2-4,8H2,1H3,(H,21,25). The molecule has 1 fully saturated rings. The van der Waals surface area contributed by atoms with Crippen molar-refractivity contribution in [2.75, 3.05) is 26.8 Å². The van der Waals surface area contributed by atoms with E-state index in [-0.39, 0.29) is 43.2 Å². The van der Waals surface area contributed by atoms with Crippen LogP contribution in [0.1, 0.15) is 16.1 Å². The number of amides is 2. The zero-order valence-corrected chi connectivity index (χ0v) is 18.7. The SMILES string of the molecule is COCCN1CC(NC(=O)c2cc([N+](=O)[O-])c(Sc3c(Cl)cncc3Cl)s2)CC1=O. The molecule has 2 aromatic heterocycles. The number of thiophene rings is 1. The highest BCUT2D eigenvalue weighted by molar-refractivity contribution is 8.01. The first-order chi connectivity index (χ1) is 14.3. The molecule has 3 heterocycles. The molecule has 1 N–H and O–H groups in total. The lowest BCUT2D eigenvalue weighted by Gasteiger charge is -2.16. The van der Waals surface area contributed by atoms with Crippen LogP contribution in [0.2, 0.25) is 10.0 Å². The van der Waals surface area contributed by atoms with Crippen molar-refractivity contribution in [2.24, 2.45) is 0 Å². The van der Waals surface area contributed by atoms with E-state index >= 15 is 0 Å². The highest BCUT2D eigenvalue weighted by atomic mass is 35.5. The van der Waals surface area contributed by atoms with Crippen LogP contribution in [-0.4, -0.2) is 59.5 Å². The van der Waals surface area contributed by atoms with E-state index in [4.69, 9.17) is 27.9 Å². The van der Waals surface area contributed by atoms with Crippen LogP contribution in [0.15, 0.2) is 27.6 Å². The summed E-state index contributed by atoms with van der Waals surface area (Å²) in [5, 5.41) is 14.7. The number of hydrogen-bond donors (Lipinski definition) is 1. The second kappa shape index (κ2) is 9.92. The van der Waals surface area contributed by atoms with Crippen molar-refractivity contribution in [3.8, 4) is 0 Å². The van der Waals surface area contributed by atoms with Gasteiger partial charge in [0.05, 0.1) is 32.5 Å². The predicted octanol–water partition coefficient (Wildman–Crippen LogP) is 3.49. The van der Waals surface area contributed by atoms with Gasteiger partial charge in [-0.15, -0.1) is 11.3 Å². The number of hydrogen-bond acceptors (Lipinski definition) is 8. The lowest BCUT2D eigenvalue weighted by Crippen LogP contribution is -2.37. The molecular weight excluding hydrogens is 475 g/mol. The van der Waals surface area contributed by atoms with Gasteiger partial charge in [0, 0.05) is 45.1 Å². The molecule has 0 bridgehead atoms. The lowest BCUT2D eigenvalue weighted by molar-refractivity contribution is -0.387. The zero-order chi connectivity index (χ0) is 21.8. The number of nitrogens with zero attached hydrogens (tertiary/aromatic N) is 3. The van der Waals surface area contributed by atoms with Gasteiger partial charge in [-0.1, -0.05) is 35.0 Å². The number of methoxy groups -OCH3 is 1. The molecule has 160 valence electrons. The van der Waals surface area contributed by atoms with Gasteiger partial charge in [0.2, 0.25) is 5.91 Å². The third-order valence-electron chi connectivity index (χ3n) is 4.22. The number of aromatic nitrogens is 1. The number of halogens is 2. The second-order valence-electron chi connectivity index (χ2n) is 6.28. The Morgan fingerprint density at radius 3 is 2.80 bits per heavy atom. The van der Waals surface area contributed by atoms with Crippen LogP contribution in [0.3, 0.4) is 0 Å². The first-order valence-electron chi connectivity index (χ1n) is 8.62. The van der Waals surface area contributed by atoms with Gasteiger partial charge in [0.25, 0.3) is 11.6 Å². The second-order valence-corrected chi connectivity index (χ2v) is 9.43. The molecule has 13 heteroatoms. The minimum absolute atomic E-state index is 0.0762. The summed E-state index contributed by atoms with van der Waals surface area (Å²) >= 11 is 14.2. The average Bonchev–Trinajstić information content (AvgIpc) is 3.26. The molecule has 3 rings (SSSR count). The van der Waals surface area contributed by atoms with Gasteiger partial charge in [-0.05, 0) is 0 Å². The Labute approximate surface area is 189 Å².